The fraction of sp³-hybridized carbons (Fsp3) is 0.200. The van der Waals surface area contributed by atoms with E-state index in [4.69, 9.17) is 0 Å². The summed E-state index contributed by atoms with van der Waals surface area (Å²) in [4.78, 5) is 50.9. The molecule has 8 nitrogen and oxygen atoms in total. The molecule has 0 aliphatic heterocycles. The van der Waals surface area contributed by atoms with E-state index in [1.807, 2.05) is 36.4 Å². The summed E-state index contributed by atoms with van der Waals surface area (Å²) < 4.78 is 3.41. The van der Waals surface area contributed by atoms with Gasteiger partial charge in [0.05, 0.1) is 22.1 Å². The van der Waals surface area contributed by atoms with Crippen molar-refractivity contribution < 1.29 is 19.8 Å². The molecule has 1 aliphatic rings. The molecule has 214 valence electrons. The number of aryl methyl sites for hydroxylation is 2. The Morgan fingerprint density at radius 3 is 1.91 bits per heavy atom. The summed E-state index contributed by atoms with van der Waals surface area (Å²) in [6, 6.07) is 21.8. The number of carbonyl (C=O) groups is 2. The number of benzene rings is 4. The van der Waals surface area contributed by atoms with Gasteiger partial charge in [-0.25, -0.2) is 0 Å². The van der Waals surface area contributed by atoms with Crippen LogP contribution in [0.1, 0.15) is 35.1 Å². The summed E-state index contributed by atoms with van der Waals surface area (Å²) in [6.07, 6.45) is 4.26. The molecule has 6 aromatic rings. The summed E-state index contributed by atoms with van der Waals surface area (Å²) in [6.45, 7) is -0.522. The van der Waals surface area contributed by atoms with Crippen LogP contribution in [-0.4, -0.2) is 31.3 Å². The van der Waals surface area contributed by atoms with Gasteiger partial charge in [-0.2, -0.15) is 0 Å². The first-order valence-corrected chi connectivity index (χ1v) is 14.4. The summed E-state index contributed by atoms with van der Waals surface area (Å²) in [5.74, 6) is -1.97. The van der Waals surface area contributed by atoms with Crippen LogP contribution in [0.2, 0.25) is 0 Å². The molecule has 8 heteroatoms. The first kappa shape index (κ1) is 26.6. The number of carboxylic acid groups (broad SMARTS) is 2. The Morgan fingerprint density at radius 1 is 0.628 bits per heavy atom. The maximum absolute atomic E-state index is 13.8. The second-order valence-electron chi connectivity index (χ2n) is 11.3. The SMILES string of the molecule is O=C(O)Cn1c2ccccc2c(=O)c2cc(Cc3ccc4c(c3)c(=O)c3ccc5c(c3n4CC(=O)O)CCCC5)ccc21. The number of para-hydroxylation sites is 1. The molecule has 2 heterocycles. The van der Waals surface area contributed by atoms with Gasteiger partial charge in [0.15, 0.2) is 10.9 Å². The number of hydrogen-bond donors (Lipinski definition) is 2. The van der Waals surface area contributed by atoms with E-state index in [0.717, 1.165) is 47.9 Å². The van der Waals surface area contributed by atoms with Gasteiger partial charge in [0.25, 0.3) is 0 Å². The Morgan fingerprint density at radius 2 is 1.21 bits per heavy atom. The average molecular weight is 573 g/mol. The predicted octanol–water partition coefficient (Wildman–Crippen LogP) is 5.26. The largest absolute Gasteiger partial charge is 0.480 e. The molecule has 43 heavy (non-hydrogen) atoms. The van der Waals surface area contributed by atoms with Gasteiger partial charge in [0.2, 0.25) is 0 Å². The first-order valence-electron chi connectivity index (χ1n) is 14.4. The van der Waals surface area contributed by atoms with Crippen LogP contribution in [0.3, 0.4) is 0 Å². The Balaban J connectivity index is 1.38. The molecule has 0 spiro atoms. The number of hydrogen-bond acceptors (Lipinski definition) is 4. The maximum atomic E-state index is 13.8. The van der Waals surface area contributed by atoms with Crippen LogP contribution in [0.15, 0.2) is 82.4 Å². The van der Waals surface area contributed by atoms with Gasteiger partial charge in [-0.05, 0) is 96.8 Å². The lowest BCUT2D eigenvalue weighted by molar-refractivity contribution is -0.138. The molecular formula is C35H28N2O6. The quantitative estimate of drug-likeness (QED) is 0.263. The Kier molecular flexibility index (Phi) is 6.34. The highest BCUT2D eigenvalue weighted by molar-refractivity contribution is 5.97. The molecule has 0 saturated carbocycles. The number of pyridine rings is 2. The lowest BCUT2D eigenvalue weighted by Crippen LogP contribution is -2.19. The number of aromatic nitrogens is 2. The zero-order valence-corrected chi connectivity index (χ0v) is 23.3. The number of aliphatic carboxylic acids is 2. The third-order valence-electron chi connectivity index (χ3n) is 8.64. The number of carboxylic acids is 2. The summed E-state index contributed by atoms with van der Waals surface area (Å²) in [5, 5.41) is 21.2. The van der Waals surface area contributed by atoms with E-state index < -0.39 is 11.9 Å². The van der Waals surface area contributed by atoms with Gasteiger partial charge >= 0.3 is 11.9 Å². The smallest absolute Gasteiger partial charge is 0.323 e. The van der Waals surface area contributed by atoms with E-state index in [1.165, 1.54) is 5.56 Å². The second kappa shape index (κ2) is 10.2. The van der Waals surface area contributed by atoms with Crippen molar-refractivity contribution in [3.63, 3.8) is 0 Å². The van der Waals surface area contributed by atoms with Gasteiger partial charge in [-0.15, -0.1) is 0 Å². The summed E-state index contributed by atoms with van der Waals surface area (Å²) in [5.41, 5.74) is 6.06. The van der Waals surface area contributed by atoms with E-state index in [0.29, 0.717) is 44.5 Å². The van der Waals surface area contributed by atoms with Crippen molar-refractivity contribution in [1.29, 1.82) is 0 Å². The van der Waals surface area contributed by atoms with E-state index in [1.54, 1.807) is 45.5 Å². The number of nitrogens with zero attached hydrogens (tertiary/aromatic N) is 2. The minimum absolute atomic E-state index is 0.122. The van der Waals surface area contributed by atoms with Crippen molar-refractivity contribution >= 4 is 55.6 Å². The Bertz CT molecular complexity index is 2280. The van der Waals surface area contributed by atoms with E-state index in [-0.39, 0.29) is 23.9 Å². The van der Waals surface area contributed by atoms with Crippen molar-refractivity contribution in [2.75, 3.05) is 0 Å². The lowest BCUT2D eigenvalue weighted by atomic mass is 9.89. The predicted molar refractivity (Wildman–Crippen MR) is 166 cm³/mol. The minimum atomic E-state index is -1.00. The summed E-state index contributed by atoms with van der Waals surface area (Å²) in [7, 11) is 0. The van der Waals surface area contributed by atoms with Crippen molar-refractivity contribution in [2.24, 2.45) is 0 Å². The first-order chi connectivity index (χ1) is 20.8. The zero-order chi connectivity index (χ0) is 29.8. The third kappa shape index (κ3) is 4.46. The second-order valence-corrected chi connectivity index (χ2v) is 11.3. The number of rotatable bonds is 6. The lowest BCUT2D eigenvalue weighted by Gasteiger charge is -2.22. The molecule has 2 N–H and O–H groups in total. The van der Waals surface area contributed by atoms with Crippen molar-refractivity contribution in [3.8, 4) is 0 Å². The molecule has 2 aromatic heterocycles. The van der Waals surface area contributed by atoms with Gasteiger partial charge in [0, 0.05) is 21.5 Å². The third-order valence-corrected chi connectivity index (χ3v) is 8.64. The molecule has 0 fully saturated rings. The van der Waals surface area contributed by atoms with Crippen LogP contribution in [0, 0.1) is 0 Å². The van der Waals surface area contributed by atoms with Crippen LogP contribution in [-0.2, 0) is 41.9 Å². The van der Waals surface area contributed by atoms with Gasteiger partial charge in [0.1, 0.15) is 13.1 Å². The topological polar surface area (TPSA) is 119 Å². The molecular weight excluding hydrogens is 544 g/mol. The maximum Gasteiger partial charge on any atom is 0.323 e. The monoisotopic (exact) mass is 572 g/mol. The molecule has 0 bridgehead atoms. The Labute approximate surface area is 245 Å². The highest BCUT2D eigenvalue weighted by Gasteiger charge is 2.20. The summed E-state index contributed by atoms with van der Waals surface area (Å²) >= 11 is 0. The van der Waals surface area contributed by atoms with Crippen LogP contribution in [0.25, 0.3) is 43.6 Å². The minimum Gasteiger partial charge on any atom is -0.480 e. The normalized spacial score (nSPS) is 13.1. The standard InChI is InChI=1S/C35H28N2O6/c38-31(39)18-36-28-8-4-3-7-24(28)34(42)26-16-20(9-13-29(26)36)15-21-10-14-30-27(17-21)35(43)25-12-11-22-5-1-2-6-23(22)33(25)37(30)19-32(40)41/h3-4,7-14,16-17H,1-2,5-6,15,18-19H2,(H,38,39)(H,40,41). The van der Waals surface area contributed by atoms with Crippen LogP contribution in [0.5, 0.6) is 0 Å². The number of fused-ring (bicyclic) bond motifs is 6. The average Bonchev–Trinajstić information content (AvgIpc) is 3.00. The molecule has 7 rings (SSSR count). The van der Waals surface area contributed by atoms with Crippen LogP contribution >= 0.6 is 0 Å². The van der Waals surface area contributed by atoms with Gasteiger partial charge < -0.3 is 19.3 Å². The van der Waals surface area contributed by atoms with Crippen molar-refractivity contribution in [2.45, 2.75) is 45.2 Å². The molecule has 0 amide bonds. The van der Waals surface area contributed by atoms with Crippen molar-refractivity contribution in [1.82, 2.24) is 9.13 Å². The van der Waals surface area contributed by atoms with Crippen molar-refractivity contribution in [3.05, 3.63) is 115 Å². The van der Waals surface area contributed by atoms with E-state index >= 15 is 0 Å². The van der Waals surface area contributed by atoms with Gasteiger partial charge in [-0.1, -0.05) is 30.3 Å². The molecule has 0 saturated heterocycles. The fourth-order valence-corrected chi connectivity index (χ4v) is 6.80. The Hall–Kier alpha value is -5.24. The molecule has 0 atom stereocenters. The van der Waals surface area contributed by atoms with Gasteiger partial charge in [-0.3, -0.25) is 19.2 Å². The van der Waals surface area contributed by atoms with E-state index in [2.05, 4.69) is 0 Å². The van der Waals surface area contributed by atoms with Crippen LogP contribution in [0.4, 0.5) is 0 Å². The van der Waals surface area contributed by atoms with E-state index in [9.17, 15) is 29.4 Å². The highest BCUT2D eigenvalue weighted by atomic mass is 16.4. The molecule has 0 radical (unpaired) electrons. The highest BCUT2D eigenvalue weighted by Crippen LogP contribution is 2.31. The van der Waals surface area contributed by atoms with Crippen LogP contribution < -0.4 is 10.9 Å². The molecule has 1 aliphatic carbocycles. The fourth-order valence-electron chi connectivity index (χ4n) is 6.80. The molecule has 4 aromatic carbocycles. The molecule has 0 unspecified atom stereocenters. The zero-order valence-electron chi connectivity index (χ0n) is 23.3.